The number of aliphatic hydroxyl groups excluding tert-OH is 2. The van der Waals surface area contributed by atoms with Crippen molar-refractivity contribution in [2.45, 2.75) is 25.7 Å². The van der Waals surface area contributed by atoms with Crippen LogP contribution in [0.5, 0.6) is 0 Å². The molecule has 1 aromatic carbocycles. The van der Waals surface area contributed by atoms with Crippen LogP contribution in [0.1, 0.15) is 44.7 Å². The fourth-order valence-electron chi connectivity index (χ4n) is 2.55. The van der Waals surface area contributed by atoms with Gasteiger partial charge in [-0.15, -0.1) is 0 Å². The van der Waals surface area contributed by atoms with Gasteiger partial charge in [0, 0.05) is 13.2 Å². The van der Waals surface area contributed by atoms with E-state index in [1.54, 1.807) is 6.07 Å². The molecule has 1 rings (SSSR count). The maximum atomic E-state index is 11.5. The predicted molar refractivity (Wildman–Crippen MR) is 95.0 cm³/mol. The zero-order valence-electron chi connectivity index (χ0n) is 15.5. The Morgan fingerprint density at radius 1 is 0.714 bits per heavy atom. The third-order valence-corrected chi connectivity index (χ3v) is 3.78. The molecule has 4 N–H and O–H groups in total. The Hall–Kier alpha value is -2.08. The lowest BCUT2D eigenvalue weighted by molar-refractivity contribution is -0.108. The Kier molecular flexibility index (Phi) is 12.0. The Morgan fingerprint density at radius 2 is 1.14 bits per heavy atom. The lowest BCUT2D eigenvalue weighted by Gasteiger charge is -2.13. The minimum atomic E-state index is -1.20. The fourth-order valence-corrected chi connectivity index (χ4v) is 2.55. The topological polar surface area (TPSA) is 152 Å². The van der Waals surface area contributed by atoms with Gasteiger partial charge in [0.1, 0.15) is 27.2 Å². The molecule has 0 atom stereocenters. The average Bonchev–Trinajstić information content (AvgIpc) is 2.66. The summed E-state index contributed by atoms with van der Waals surface area (Å²) in [5.41, 5.74) is 0.924. The van der Waals surface area contributed by atoms with E-state index in [4.69, 9.17) is 19.7 Å². The summed E-state index contributed by atoms with van der Waals surface area (Å²) < 4.78 is 19.5. The van der Waals surface area contributed by atoms with Crippen LogP contribution in [-0.4, -0.2) is 72.8 Å². The first-order valence-corrected chi connectivity index (χ1v) is 8.66. The van der Waals surface area contributed by atoms with Crippen molar-refractivity contribution in [2.24, 2.45) is 0 Å². The largest absolute Gasteiger partial charge is 0.478 e. The molecule has 0 radical (unpaired) electrons. The zero-order chi connectivity index (χ0) is 20.8. The smallest absolute Gasteiger partial charge is 0.335 e. The minimum Gasteiger partial charge on any atom is -0.478 e. The number of hydrogen-bond donors (Lipinski definition) is 4. The van der Waals surface area contributed by atoms with Crippen LogP contribution < -0.4 is 0 Å². The highest BCUT2D eigenvalue weighted by Crippen LogP contribution is 2.21. The van der Waals surface area contributed by atoms with Gasteiger partial charge >= 0.3 is 11.9 Å². The zero-order valence-corrected chi connectivity index (χ0v) is 15.5. The van der Waals surface area contributed by atoms with Gasteiger partial charge in [-0.25, -0.2) is 9.59 Å². The van der Waals surface area contributed by atoms with Gasteiger partial charge in [-0.1, -0.05) is 6.07 Å². The van der Waals surface area contributed by atoms with E-state index >= 15 is 0 Å². The SMILES string of the molecule is O=C(O)c1cc(C(=O)O)c(CCCOCOCO)cc1CCCOCOCO. The Balaban J connectivity index is 2.79. The second-order valence-electron chi connectivity index (χ2n) is 5.70. The molecule has 10 heteroatoms. The van der Waals surface area contributed by atoms with Gasteiger partial charge in [-0.3, -0.25) is 0 Å². The molecule has 158 valence electrons. The molecule has 0 spiro atoms. The Bertz CT molecular complexity index is 567. The molecule has 10 nitrogen and oxygen atoms in total. The van der Waals surface area contributed by atoms with Crippen molar-refractivity contribution in [3.05, 3.63) is 34.4 Å². The number of aromatic carboxylic acids is 2. The molecular formula is C18H26O10. The van der Waals surface area contributed by atoms with Crippen molar-refractivity contribution in [2.75, 3.05) is 40.4 Å². The van der Waals surface area contributed by atoms with Crippen molar-refractivity contribution < 1.29 is 49.0 Å². The third kappa shape index (κ3) is 8.74. The van der Waals surface area contributed by atoms with Gasteiger partial charge in [0.15, 0.2) is 0 Å². The first-order valence-electron chi connectivity index (χ1n) is 8.66. The molecule has 0 saturated heterocycles. The molecule has 0 aliphatic carbocycles. The quantitative estimate of drug-likeness (QED) is 0.231. The normalized spacial score (nSPS) is 10.9. The molecule has 0 aliphatic heterocycles. The van der Waals surface area contributed by atoms with Gasteiger partial charge in [-0.2, -0.15) is 0 Å². The summed E-state index contributed by atoms with van der Waals surface area (Å²) in [6.45, 7) is -0.420. The highest BCUT2D eigenvalue weighted by Gasteiger charge is 2.18. The summed E-state index contributed by atoms with van der Waals surface area (Å²) >= 11 is 0. The monoisotopic (exact) mass is 402 g/mol. The van der Waals surface area contributed by atoms with Gasteiger partial charge < -0.3 is 39.4 Å². The first-order chi connectivity index (χ1) is 13.5. The van der Waals surface area contributed by atoms with Crippen molar-refractivity contribution >= 4 is 11.9 Å². The van der Waals surface area contributed by atoms with Gasteiger partial charge in [0.2, 0.25) is 0 Å². The summed E-state index contributed by atoms with van der Waals surface area (Å²) in [5, 5.41) is 35.8. The van der Waals surface area contributed by atoms with E-state index in [1.807, 2.05) is 0 Å². The summed E-state index contributed by atoms with van der Waals surface area (Å²) in [5.74, 6) is -2.39. The average molecular weight is 402 g/mol. The number of rotatable bonds is 16. The Labute approximate surface area is 162 Å². The van der Waals surface area contributed by atoms with Crippen LogP contribution in [0.15, 0.2) is 12.1 Å². The molecule has 0 aromatic heterocycles. The fraction of sp³-hybridized carbons (Fsp3) is 0.556. The second-order valence-corrected chi connectivity index (χ2v) is 5.70. The molecule has 0 heterocycles. The van der Waals surface area contributed by atoms with Gasteiger partial charge in [0.05, 0.1) is 11.1 Å². The second kappa shape index (κ2) is 14.0. The summed E-state index contributed by atoms with van der Waals surface area (Å²) in [4.78, 5) is 23.0. The molecule has 0 fully saturated rings. The van der Waals surface area contributed by atoms with Crippen LogP contribution in [0.4, 0.5) is 0 Å². The summed E-state index contributed by atoms with van der Waals surface area (Å²) in [7, 11) is 0. The van der Waals surface area contributed by atoms with Gasteiger partial charge in [-0.05, 0) is 42.9 Å². The van der Waals surface area contributed by atoms with Crippen molar-refractivity contribution in [3.8, 4) is 0 Å². The standard InChI is InChI=1S/C18H26O10/c19-9-27-11-25-5-1-3-13-7-14(4-2-6-26-12-28-10-20)16(18(23)24)8-15(13)17(21)22/h7-8,19-20H,1-6,9-12H2,(H,21,22)(H,23,24). The number of aliphatic hydroxyl groups is 2. The van der Waals surface area contributed by atoms with E-state index in [-0.39, 0.29) is 24.7 Å². The molecule has 1 aromatic rings. The van der Waals surface area contributed by atoms with E-state index in [0.717, 1.165) is 0 Å². The number of carboxylic acid groups (broad SMARTS) is 2. The van der Waals surface area contributed by atoms with E-state index in [2.05, 4.69) is 9.47 Å². The summed E-state index contributed by atoms with van der Waals surface area (Å²) in [6.07, 6.45) is 1.77. The molecule has 0 bridgehead atoms. The molecule has 0 unspecified atom stereocenters. The number of carbonyl (C=O) groups is 2. The molecular weight excluding hydrogens is 376 g/mol. The number of carboxylic acids is 2. The van der Waals surface area contributed by atoms with Crippen molar-refractivity contribution in [1.29, 1.82) is 0 Å². The van der Waals surface area contributed by atoms with Crippen LogP contribution in [0, 0.1) is 0 Å². The van der Waals surface area contributed by atoms with E-state index < -0.39 is 25.5 Å². The van der Waals surface area contributed by atoms with Crippen molar-refractivity contribution in [3.63, 3.8) is 0 Å². The van der Waals surface area contributed by atoms with Crippen LogP contribution in [-0.2, 0) is 31.8 Å². The number of ether oxygens (including phenoxy) is 4. The molecule has 0 aliphatic rings. The summed E-state index contributed by atoms with van der Waals surface area (Å²) in [6, 6.07) is 2.78. The lowest BCUT2D eigenvalue weighted by Crippen LogP contribution is -2.12. The third-order valence-electron chi connectivity index (χ3n) is 3.78. The highest BCUT2D eigenvalue weighted by molar-refractivity contribution is 5.96. The maximum absolute atomic E-state index is 11.5. The molecule has 28 heavy (non-hydrogen) atoms. The molecule has 0 amide bonds. The maximum Gasteiger partial charge on any atom is 0.335 e. The van der Waals surface area contributed by atoms with Crippen LogP contribution in [0.2, 0.25) is 0 Å². The minimum absolute atomic E-state index is 0.0552. The number of hydrogen-bond acceptors (Lipinski definition) is 8. The van der Waals surface area contributed by atoms with Crippen LogP contribution in [0.25, 0.3) is 0 Å². The van der Waals surface area contributed by atoms with Crippen LogP contribution in [0.3, 0.4) is 0 Å². The van der Waals surface area contributed by atoms with Gasteiger partial charge in [0.25, 0.3) is 0 Å². The van der Waals surface area contributed by atoms with E-state index in [9.17, 15) is 19.8 Å². The molecule has 0 saturated carbocycles. The van der Waals surface area contributed by atoms with E-state index in [0.29, 0.717) is 50.0 Å². The number of aryl methyl sites for hydroxylation is 2. The van der Waals surface area contributed by atoms with E-state index in [1.165, 1.54) is 6.07 Å². The van der Waals surface area contributed by atoms with Crippen molar-refractivity contribution in [1.82, 2.24) is 0 Å². The lowest BCUT2D eigenvalue weighted by atomic mass is 9.93. The first kappa shape index (κ1) is 24.0. The predicted octanol–water partition coefficient (Wildman–Crippen LogP) is 0.829. The van der Waals surface area contributed by atoms with Crippen LogP contribution >= 0.6 is 0 Å². The Morgan fingerprint density at radius 3 is 1.50 bits per heavy atom. The highest BCUT2D eigenvalue weighted by atomic mass is 16.7. The number of benzene rings is 1.